The number of carbonyl (C=O) groups is 1. The quantitative estimate of drug-likeness (QED) is 0.781. The van der Waals surface area contributed by atoms with Gasteiger partial charge in [-0.3, -0.25) is 4.79 Å². The summed E-state index contributed by atoms with van der Waals surface area (Å²) in [7, 11) is 0. The Morgan fingerprint density at radius 2 is 2.17 bits per heavy atom. The van der Waals surface area contributed by atoms with Crippen LogP contribution in [-0.4, -0.2) is 31.7 Å². The molecule has 4 nitrogen and oxygen atoms in total. The minimum atomic E-state index is -1.35. The van der Waals surface area contributed by atoms with Crippen LogP contribution >= 0.6 is 0 Å². The summed E-state index contributed by atoms with van der Waals surface area (Å²) in [6.07, 6.45) is 0. The molecule has 0 radical (unpaired) electrons. The van der Waals surface area contributed by atoms with Crippen LogP contribution in [0.4, 0.5) is 18.9 Å². The number of hydrogen-bond donors (Lipinski definition) is 2. The van der Waals surface area contributed by atoms with Gasteiger partial charge in [0.15, 0.2) is 11.6 Å². The zero-order valence-corrected chi connectivity index (χ0v) is 9.30. The summed E-state index contributed by atoms with van der Waals surface area (Å²) < 4.78 is 44.2. The fourth-order valence-corrected chi connectivity index (χ4v) is 1.60. The molecular weight excluding hydrogens is 249 g/mol. The summed E-state index contributed by atoms with van der Waals surface area (Å²) >= 11 is 0. The second-order valence-corrected chi connectivity index (χ2v) is 3.82. The molecule has 1 saturated heterocycles. The first-order chi connectivity index (χ1) is 8.58. The molecular formula is C11H11F3N2O2. The van der Waals surface area contributed by atoms with Crippen LogP contribution in [0.15, 0.2) is 12.1 Å². The lowest BCUT2D eigenvalue weighted by Gasteiger charge is -2.23. The zero-order chi connectivity index (χ0) is 13.1. The molecule has 18 heavy (non-hydrogen) atoms. The normalized spacial score (nSPS) is 19.6. The van der Waals surface area contributed by atoms with Gasteiger partial charge in [-0.1, -0.05) is 0 Å². The highest BCUT2D eigenvalue weighted by atomic mass is 19.2. The number of hydrogen-bond acceptors (Lipinski definition) is 3. The summed E-state index contributed by atoms with van der Waals surface area (Å²) in [4.78, 5) is 11.7. The molecule has 1 aromatic rings. The molecule has 0 aliphatic carbocycles. The van der Waals surface area contributed by atoms with Gasteiger partial charge >= 0.3 is 0 Å². The molecule has 1 aliphatic heterocycles. The molecule has 1 heterocycles. The van der Waals surface area contributed by atoms with E-state index in [0.29, 0.717) is 19.2 Å². The van der Waals surface area contributed by atoms with Gasteiger partial charge in [-0.2, -0.15) is 0 Å². The maximum atomic E-state index is 13.3. The number of benzene rings is 1. The van der Waals surface area contributed by atoms with E-state index in [1.165, 1.54) is 0 Å². The van der Waals surface area contributed by atoms with Crippen LogP contribution in [0.1, 0.15) is 0 Å². The van der Waals surface area contributed by atoms with E-state index in [4.69, 9.17) is 4.74 Å². The number of halogens is 3. The second kappa shape index (κ2) is 5.36. The van der Waals surface area contributed by atoms with E-state index in [1.54, 1.807) is 0 Å². The van der Waals surface area contributed by atoms with E-state index in [1.807, 2.05) is 0 Å². The van der Waals surface area contributed by atoms with Crippen molar-refractivity contribution in [3.05, 3.63) is 29.6 Å². The molecule has 1 fully saturated rings. The first-order valence-corrected chi connectivity index (χ1v) is 5.34. The van der Waals surface area contributed by atoms with Crippen molar-refractivity contribution in [2.24, 2.45) is 0 Å². The Kier molecular flexibility index (Phi) is 3.83. The van der Waals surface area contributed by atoms with Gasteiger partial charge in [0.2, 0.25) is 5.91 Å². The SMILES string of the molecule is O=C(Nc1cc(F)cc(F)c1F)C1COCCN1. The van der Waals surface area contributed by atoms with Crippen molar-refractivity contribution in [1.82, 2.24) is 5.32 Å². The van der Waals surface area contributed by atoms with Crippen molar-refractivity contribution >= 4 is 11.6 Å². The van der Waals surface area contributed by atoms with Crippen LogP contribution in [0.25, 0.3) is 0 Å². The first kappa shape index (κ1) is 12.8. The molecule has 7 heteroatoms. The van der Waals surface area contributed by atoms with Gasteiger partial charge in [0.25, 0.3) is 0 Å². The van der Waals surface area contributed by atoms with Crippen LogP contribution in [0, 0.1) is 17.5 Å². The van der Waals surface area contributed by atoms with E-state index >= 15 is 0 Å². The van der Waals surface area contributed by atoms with Gasteiger partial charge in [0.1, 0.15) is 11.9 Å². The highest BCUT2D eigenvalue weighted by Gasteiger charge is 2.23. The van der Waals surface area contributed by atoms with Crippen LogP contribution in [0.3, 0.4) is 0 Å². The average Bonchev–Trinajstić information content (AvgIpc) is 2.36. The number of amides is 1. The van der Waals surface area contributed by atoms with Gasteiger partial charge < -0.3 is 15.4 Å². The Morgan fingerprint density at radius 1 is 1.39 bits per heavy atom. The summed E-state index contributed by atoms with van der Waals surface area (Å²) in [5.74, 6) is -4.20. The van der Waals surface area contributed by atoms with Crippen molar-refractivity contribution in [3.63, 3.8) is 0 Å². The van der Waals surface area contributed by atoms with Crippen LogP contribution in [0.5, 0.6) is 0 Å². The Balaban J connectivity index is 2.11. The molecule has 1 unspecified atom stereocenters. The van der Waals surface area contributed by atoms with E-state index in [9.17, 15) is 18.0 Å². The number of nitrogens with one attached hydrogen (secondary N) is 2. The maximum absolute atomic E-state index is 13.3. The maximum Gasteiger partial charge on any atom is 0.243 e. The van der Waals surface area contributed by atoms with Crippen LogP contribution in [-0.2, 0) is 9.53 Å². The second-order valence-electron chi connectivity index (χ2n) is 3.82. The van der Waals surface area contributed by atoms with Crippen molar-refractivity contribution in [2.45, 2.75) is 6.04 Å². The number of rotatable bonds is 2. The number of morpholine rings is 1. The topological polar surface area (TPSA) is 50.4 Å². The lowest BCUT2D eigenvalue weighted by atomic mass is 10.2. The van der Waals surface area contributed by atoms with Gasteiger partial charge in [-0.25, -0.2) is 13.2 Å². The first-order valence-electron chi connectivity index (χ1n) is 5.34. The van der Waals surface area contributed by atoms with Gasteiger partial charge in [0.05, 0.1) is 18.9 Å². The van der Waals surface area contributed by atoms with Gasteiger partial charge in [-0.05, 0) is 0 Å². The summed E-state index contributed by atoms with van der Waals surface area (Å²) in [5.41, 5.74) is -0.523. The summed E-state index contributed by atoms with van der Waals surface area (Å²) in [5, 5.41) is 4.97. The Morgan fingerprint density at radius 3 is 2.83 bits per heavy atom. The molecule has 2 rings (SSSR count). The summed E-state index contributed by atoms with van der Waals surface area (Å²) in [6, 6.07) is 0.469. The standard InChI is InChI=1S/C11H11F3N2O2/c12-6-3-7(13)10(14)8(4-6)16-11(17)9-5-18-2-1-15-9/h3-4,9,15H,1-2,5H2,(H,16,17). The van der Waals surface area contributed by atoms with E-state index < -0.39 is 35.1 Å². The number of anilines is 1. The molecule has 98 valence electrons. The van der Waals surface area contributed by atoms with Crippen LogP contribution in [0.2, 0.25) is 0 Å². The minimum absolute atomic E-state index is 0.130. The molecule has 2 N–H and O–H groups in total. The lowest BCUT2D eigenvalue weighted by Crippen LogP contribution is -2.48. The molecule has 1 atom stereocenters. The molecule has 1 aliphatic rings. The highest BCUT2D eigenvalue weighted by molar-refractivity contribution is 5.95. The van der Waals surface area contributed by atoms with Crippen molar-refractivity contribution in [3.8, 4) is 0 Å². The Bertz CT molecular complexity index is 462. The summed E-state index contributed by atoms with van der Waals surface area (Å²) in [6.45, 7) is 1.09. The largest absolute Gasteiger partial charge is 0.378 e. The lowest BCUT2D eigenvalue weighted by molar-refractivity contribution is -0.120. The molecule has 0 bridgehead atoms. The molecule has 0 saturated carbocycles. The fourth-order valence-electron chi connectivity index (χ4n) is 1.60. The fraction of sp³-hybridized carbons (Fsp3) is 0.364. The monoisotopic (exact) mass is 260 g/mol. The van der Waals surface area contributed by atoms with E-state index in [-0.39, 0.29) is 6.61 Å². The number of ether oxygens (including phenoxy) is 1. The Labute approximate surface area is 101 Å². The van der Waals surface area contributed by atoms with Crippen molar-refractivity contribution < 1.29 is 22.7 Å². The molecule has 1 aromatic carbocycles. The van der Waals surface area contributed by atoms with Crippen molar-refractivity contribution in [2.75, 3.05) is 25.1 Å². The number of carbonyl (C=O) groups excluding carboxylic acids is 1. The third kappa shape index (κ3) is 2.80. The average molecular weight is 260 g/mol. The van der Waals surface area contributed by atoms with E-state index in [2.05, 4.69) is 10.6 Å². The Hall–Kier alpha value is -1.60. The molecule has 0 spiro atoms. The van der Waals surface area contributed by atoms with Gasteiger partial charge in [0, 0.05) is 18.7 Å². The smallest absolute Gasteiger partial charge is 0.243 e. The minimum Gasteiger partial charge on any atom is -0.378 e. The third-order valence-corrected chi connectivity index (χ3v) is 2.49. The third-order valence-electron chi connectivity index (χ3n) is 2.49. The van der Waals surface area contributed by atoms with Gasteiger partial charge in [-0.15, -0.1) is 0 Å². The van der Waals surface area contributed by atoms with Crippen molar-refractivity contribution in [1.29, 1.82) is 0 Å². The predicted octanol–water partition coefficient (Wildman–Crippen LogP) is 1.03. The zero-order valence-electron chi connectivity index (χ0n) is 9.30. The molecule has 1 amide bonds. The molecule has 0 aromatic heterocycles. The van der Waals surface area contributed by atoms with E-state index in [0.717, 1.165) is 6.07 Å². The van der Waals surface area contributed by atoms with Crippen LogP contribution < -0.4 is 10.6 Å². The highest BCUT2D eigenvalue weighted by Crippen LogP contribution is 2.19. The predicted molar refractivity (Wildman–Crippen MR) is 57.6 cm³/mol.